The van der Waals surface area contributed by atoms with E-state index in [1.165, 1.54) is 5.56 Å². The molecule has 0 aromatic carbocycles. The molecule has 2 aromatic heterocycles. The molecule has 4 heteroatoms. The Kier molecular flexibility index (Phi) is 3.11. The second-order valence-electron chi connectivity index (χ2n) is 4.45. The molecule has 0 saturated carbocycles. The lowest BCUT2D eigenvalue weighted by Gasteiger charge is -2.24. The van der Waals surface area contributed by atoms with Crippen LogP contribution < -0.4 is 0 Å². The van der Waals surface area contributed by atoms with E-state index in [0.717, 1.165) is 19.4 Å². The maximum absolute atomic E-state index is 12.4. The van der Waals surface area contributed by atoms with Crippen LogP contribution in [0.2, 0.25) is 0 Å². The van der Waals surface area contributed by atoms with Crippen LogP contribution in [0.4, 0.5) is 0 Å². The van der Waals surface area contributed by atoms with Crippen LogP contribution in [0.3, 0.4) is 0 Å². The van der Waals surface area contributed by atoms with E-state index in [-0.39, 0.29) is 11.9 Å². The topological polar surface area (TPSA) is 33.2 Å². The molecule has 1 fully saturated rings. The molecule has 0 bridgehead atoms. The molecule has 0 spiro atoms. The van der Waals surface area contributed by atoms with E-state index in [4.69, 9.17) is 0 Å². The van der Waals surface area contributed by atoms with Crippen LogP contribution in [0.15, 0.2) is 41.4 Å². The normalized spacial score (nSPS) is 19.1. The SMILES string of the molecule is O=C(c1cccnc1)N1CCC[C@H]1c1ccsc1. The first-order chi connectivity index (χ1) is 8.86. The van der Waals surface area contributed by atoms with Crippen LogP contribution in [0.25, 0.3) is 0 Å². The minimum Gasteiger partial charge on any atom is -0.332 e. The van der Waals surface area contributed by atoms with Gasteiger partial charge < -0.3 is 4.90 Å². The molecule has 1 atom stereocenters. The quantitative estimate of drug-likeness (QED) is 0.829. The van der Waals surface area contributed by atoms with Crippen molar-refractivity contribution >= 4 is 17.2 Å². The molecule has 3 rings (SSSR count). The number of hydrogen-bond acceptors (Lipinski definition) is 3. The van der Waals surface area contributed by atoms with Crippen molar-refractivity contribution in [2.75, 3.05) is 6.54 Å². The third-order valence-electron chi connectivity index (χ3n) is 3.35. The highest BCUT2D eigenvalue weighted by Gasteiger charge is 2.30. The van der Waals surface area contributed by atoms with Crippen molar-refractivity contribution in [3.8, 4) is 0 Å². The van der Waals surface area contributed by atoms with Crippen LogP contribution in [0, 0.1) is 0 Å². The predicted octanol–water partition coefficient (Wildman–Crippen LogP) is 3.12. The lowest BCUT2D eigenvalue weighted by atomic mass is 10.1. The van der Waals surface area contributed by atoms with Gasteiger partial charge in [0.05, 0.1) is 11.6 Å². The Morgan fingerprint density at radius 2 is 2.39 bits per heavy atom. The Morgan fingerprint density at radius 3 is 3.11 bits per heavy atom. The van der Waals surface area contributed by atoms with E-state index in [2.05, 4.69) is 21.8 Å². The minimum atomic E-state index is 0.0943. The van der Waals surface area contributed by atoms with Crippen LogP contribution in [0.1, 0.15) is 34.8 Å². The molecule has 1 amide bonds. The van der Waals surface area contributed by atoms with Gasteiger partial charge in [0.15, 0.2) is 0 Å². The molecule has 92 valence electrons. The van der Waals surface area contributed by atoms with E-state index in [9.17, 15) is 4.79 Å². The van der Waals surface area contributed by atoms with Crippen molar-refractivity contribution in [2.24, 2.45) is 0 Å². The number of thiophene rings is 1. The summed E-state index contributed by atoms with van der Waals surface area (Å²) in [6, 6.07) is 6.00. The highest BCUT2D eigenvalue weighted by molar-refractivity contribution is 7.07. The summed E-state index contributed by atoms with van der Waals surface area (Å²) in [5.41, 5.74) is 1.94. The fourth-order valence-electron chi connectivity index (χ4n) is 2.48. The molecule has 0 unspecified atom stereocenters. The Hall–Kier alpha value is -1.68. The number of likely N-dealkylation sites (tertiary alicyclic amines) is 1. The van der Waals surface area contributed by atoms with Gasteiger partial charge in [-0.3, -0.25) is 9.78 Å². The summed E-state index contributed by atoms with van der Waals surface area (Å²) in [7, 11) is 0. The van der Waals surface area contributed by atoms with Gasteiger partial charge in [-0.25, -0.2) is 0 Å². The summed E-state index contributed by atoms with van der Waals surface area (Å²) in [5.74, 6) is 0.0943. The van der Waals surface area contributed by atoms with Crippen LogP contribution in [-0.4, -0.2) is 22.3 Å². The zero-order valence-electron chi connectivity index (χ0n) is 9.95. The third-order valence-corrected chi connectivity index (χ3v) is 4.05. The molecule has 0 aliphatic carbocycles. The first-order valence-electron chi connectivity index (χ1n) is 6.09. The van der Waals surface area contributed by atoms with Gasteiger partial charge in [-0.1, -0.05) is 0 Å². The van der Waals surface area contributed by atoms with Crippen molar-refractivity contribution in [1.29, 1.82) is 0 Å². The van der Waals surface area contributed by atoms with Gasteiger partial charge in [0.2, 0.25) is 0 Å². The molecule has 1 aliphatic heterocycles. The van der Waals surface area contributed by atoms with Gasteiger partial charge in [0.25, 0.3) is 5.91 Å². The number of hydrogen-bond donors (Lipinski definition) is 0. The average molecular weight is 258 g/mol. The third kappa shape index (κ3) is 2.04. The maximum Gasteiger partial charge on any atom is 0.255 e. The zero-order chi connectivity index (χ0) is 12.4. The Bertz CT molecular complexity index is 524. The molecule has 1 aliphatic rings. The summed E-state index contributed by atoms with van der Waals surface area (Å²) in [6.45, 7) is 0.842. The number of rotatable bonds is 2. The van der Waals surface area contributed by atoms with Gasteiger partial charge >= 0.3 is 0 Å². The first-order valence-corrected chi connectivity index (χ1v) is 7.03. The number of pyridine rings is 1. The molecule has 1 saturated heterocycles. The summed E-state index contributed by atoms with van der Waals surface area (Å²) in [6.07, 6.45) is 5.47. The molecule has 0 radical (unpaired) electrons. The highest BCUT2D eigenvalue weighted by atomic mass is 32.1. The van der Waals surface area contributed by atoms with E-state index >= 15 is 0 Å². The maximum atomic E-state index is 12.4. The number of carbonyl (C=O) groups excluding carboxylic acids is 1. The summed E-state index contributed by atoms with van der Waals surface area (Å²) >= 11 is 1.69. The smallest absolute Gasteiger partial charge is 0.255 e. The largest absolute Gasteiger partial charge is 0.332 e. The average Bonchev–Trinajstić information content (AvgIpc) is 3.09. The van der Waals surface area contributed by atoms with E-state index in [1.807, 2.05) is 17.0 Å². The summed E-state index contributed by atoms with van der Waals surface area (Å²) in [4.78, 5) is 18.4. The monoisotopic (exact) mass is 258 g/mol. The van der Waals surface area contributed by atoms with Gasteiger partial charge in [0.1, 0.15) is 0 Å². The highest BCUT2D eigenvalue weighted by Crippen LogP contribution is 2.33. The Balaban J connectivity index is 1.85. The van der Waals surface area contributed by atoms with Gasteiger partial charge in [0, 0.05) is 18.9 Å². The molecule has 2 aromatic rings. The van der Waals surface area contributed by atoms with E-state index in [0.29, 0.717) is 5.56 Å². The molecule has 3 heterocycles. The molecular formula is C14H14N2OS. The van der Waals surface area contributed by atoms with Crippen molar-refractivity contribution in [2.45, 2.75) is 18.9 Å². The molecule has 18 heavy (non-hydrogen) atoms. The summed E-state index contributed by atoms with van der Waals surface area (Å²) < 4.78 is 0. The number of aromatic nitrogens is 1. The van der Waals surface area contributed by atoms with Crippen LogP contribution in [-0.2, 0) is 0 Å². The number of amides is 1. The van der Waals surface area contributed by atoms with Crippen molar-refractivity contribution in [3.63, 3.8) is 0 Å². The standard InChI is InChI=1S/C14H14N2OS/c17-14(11-3-1-6-15-9-11)16-7-2-4-13(16)12-5-8-18-10-12/h1,3,5-6,8-10,13H,2,4,7H2/t13-/m0/s1. The van der Waals surface area contributed by atoms with Gasteiger partial charge in [-0.15, -0.1) is 0 Å². The van der Waals surface area contributed by atoms with Crippen molar-refractivity contribution in [1.82, 2.24) is 9.88 Å². The Labute approximate surface area is 110 Å². The second-order valence-corrected chi connectivity index (χ2v) is 5.23. The number of carbonyl (C=O) groups is 1. The molecular weight excluding hydrogens is 244 g/mol. The minimum absolute atomic E-state index is 0.0943. The predicted molar refractivity (Wildman–Crippen MR) is 71.6 cm³/mol. The van der Waals surface area contributed by atoms with Gasteiger partial charge in [-0.05, 0) is 47.4 Å². The van der Waals surface area contributed by atoms with E-state index in [1.54, 1.807) is 23.7 Å². The number of nitrogens with zero attached hydrogens (tertiary/aromatic N) is 2. The van der Waals surface area contributed by atoms with Crippen molar-refractivity contribution < 1.29 is 4.79 Å². The molecule has 3 nitrogen and oxygen atoms in total. The van der Waals surface area contributed by atoms with Crippen LogP contribution >= 0.6 is 11.3 Å². The lowest BCUT2D eigenvalue weighted by Crippen LogP contribution is -2.30. The van der Waals surface area contributed by atoms with Crippen LogP contribution in [0.5, 0.6) is 0 Å². The Morgan fingerprint density at radius 1 is 1.44 bits per heavy atom. The fraction of sp³-hybridized carbons (Fsp3) is 0.286. The van der Waals surface area contributed by atoms with Crippen molar-refractivity contribution in [3.05, 3.63) is 52.5 Å². The molecule has 0 N–H and O–H groups in total. The van der Waals surface area contributed by atoms with Gasteiger partial charge in [-0.2, -0.15) is 11.3 Å². The fourth-order valence-corrected chi connectivity index (χ4v) is 3.18. The summed E-state index contributed by atoms with van der Waals surface area (Å²) in [5, 5.41) is 4.21. The first kappa shape index (κ1) is 11.4. The van der Waals surface area contributed by atoms with E-state index < -0.39 is 0 Å². The second kappa shape index (κ2) is 4.90. The lowest BCUT2D eigenvalue weighted by molar-refractivity contribution is 0.0735. The zero-order valence-corrected chi connectivity index (χ0v) is 10.8.